The summed E-state index contributed by atoms with van der Waals surface area (Å²) >= 11 is 0. The van der Waals surface area contributed by atoms with Gasteiger partial charge in [0, 0.05) is 5.92 Å². The van der Waals surface area contributed by atoms with E-state index in [0.29, 0.717) is 17.3 Å². The first-order valence-corrected chi connectivity index (χ1v) is 7.50. The van der Waals surface area contributed by atoms with Gasteiger partial charge in [-0.3, -0.25) is 0 Å². The van der Waals surface area contributed by atoms with E-state index >= 15 is 0 Å². The van der Waals surface area contributed by atoms with Crippen molar-refractivity contribution in [3.05, 3.63) is 0 Å². The first-order chi connectivity index (χ1) is 8.10. The number of nitriles is 1. The fraction of sp³-hybridized carbons (Fsp3) is 0.938. The summed E-state index contributed by atoms with van der Waals surface area (Å²) in [5.74, 6) is 3.90. The molecule has 4 aliphatic rings. The number of nitrogens with zero attached hydrogens (tertiary/aromatic N) is 1. The minimum Gasteiger partial charge on any atom is -0.198 e. The largest absolute Gasteiger partial charge is 0.198 e. The molecule has 0 spiro atoms. The zero-order valence-corrected chi connectivity index (χ0v) is 11.3. The highest BCUT2D eigenvalue weighted by Gasteiger charge is 2.51. The van der Waals surface area contributed by atoms with Gasteiger partial charge in [0.1, 0.15) is 0 Å². The number of rotatable bonds is 3. The van der Waals surface area contributed by atoms with Crippen LogP contribution in [0.25, 0.3) is 0 Å². The van der Waals surface area contributed by atoms with E-state index in [1.165, 1.54) is 44.9 Å². The molecule has 94 valence electrons. The van der Waals surface area contributed by atoms with E-state index in [-0.39, 0.29) is 0 Å². The summed E-state index contributed by atoms with van der Waals surface area (Å²) in [6, 6.07) is 2.58. The van der Waals surface area contributed by atoms with E-state index in [1.807, 2.05) is 0 Å². The topological polar surface area (TPSA) is 23.8 Å². The molecule has 1 heteroatoms. The fourth-order valence-electron chi connectivity index (χ4n) is 5.44. The van der Waals surface area contributed by atoms with Crippen molar-refractivity contribution in [1.29, 1.82) is 5.26 Å². The van der Waals surface area contributed by atoms with Gasteiger partial charge in [-0.2, -0.15) is 5.26 Å². The van der Waals surface area contributed by atoms with E-state index in [0.717, 1.165) is 17.8 Å². The van der Waals surface area contributed by atoms with Crippen molar-refractivity contribution in [2.45, 2.75) is 58.8 Å². The van der Waals surface area contributed by atoms with E-state index in [4.69, 9.17) is 0 Å². The van der Waals surface area contributed by atoms with Crippen LogP contribution >= 0.6 is 0 Å². The van der Waals surface area contributed by atoms with Gasteiger partial charge in [0.2, 0.25) is 0 Å². The molecule has 1 unspecified atom stereocenters. The normalized spacial score (nSPS) is 44.9. The van der Waals surface area contributed by atoms with Crippen LogP contribution in [-0.2, 0) is 0 Å². The molecule has 4 aliphatic carbocycles. The predicted octanol–water partition coefficient (Wildman–Crippen LogP) is 4.39. The minimum absolute atomic E-state index is 0.297. The van der Waals surface area contributed by atoms with Gasteiger partial charge >= 0.3 is 0 Å². The Bertz CT molecular complexity index is 301. The summed E-state index contributed by atoms with van der Waals surface area (Å²) in [6.45, 7) is 4.43. The Morgan fingerprint density at radius 1 is 1.06 bits per heavy atom. The molecule has 1 atom stereocenters. The molecule has 0 heterocycles. The molecule has 17 heavy (non-hydrogen) atoms. The predicted molar refractivity (Wildman–Crippen MR) is 69.2 cm³/mol. The van der Waals surface area contributed by atoms with Crippen molar-refractivity contribution < 1.29 is 0 Å². The van der Waals surface area contributed by atoms with Crippen molar-refractivity contribution in [1.82, 2.24) is 0 Å². The Morgan fingerprint density at radius 2 is 1.53 bits per heavy atom. The maximum atomic E-state index is 9.35. The maximum Gasteiger partial charge on any atom is 0.0658 e. The number of hydrogen-bond donors (Lipinski definition) is 0. The van der Waals surface area contributed by atoms with Gasteiger partial charge < -0.3 is 0 Å². The Kier molecular flexibility index (Phi) is 2.73. The Balaban J connectivity index is 1.76. The van der Waals surface area contributed by atoms with Crippen LogP contribution in [0.2, 0.25) is 0 Å². The third-order valence-corrected chi connectivity index (χ3v) is 5.79. The van der Waals surface area contributed by atoms with Gasteiger partial charge in [-0.25, -0.2) is 0 Å². The van der Waals surface area contributed by atoms with Gasteiger partial charge in [-0.05, 0) is 74.0 Å². The quantitative estimate of drug-likeness (QED) is 0.706. The summed E-state index contributed by atoms with van der Waals surface area (Å²) in [5.41, 5.74) is 0.583. The Morgan fingerprint density at radius 3 is 1.88 bits per heavy atom. The van der Waals surface area contributed by atoms with Crippen LogP contribution in [0.15, 0.2) is 0 Å². The molecule has 0 aliphatic heterocycles. The molecule has 4 saturated carbocycles. The lowest BCUT2D eigenvalue weighted by atomic mass is 9.48. The second-order valence-corrected chi connectivity index (χ2v) is 7.60. The SMILES string of the molecule is CC(C)C(C#N)CC12CC3CC(CC(C3)C1)C2. The summed E-state index contributed by atoms with van der Waals surface area (Å²) in [5, 5.41) is 9.35. The fourth-order valence-corrected chi connectivity index (χ4v) is 5.44. The lowest BCUT2D eigenvalue weighted by Gasteiger charge is -2.57. The van der Waals surface area contributed by atoms with Gasteiger partial charge in [-0.1, -0.05) is 13.8 Å². The minimum atomic E-state index is 0.297. The van der Waals surface area contributed by atoms with E-state index < -0.39 is 0 Å². The molecule has 0 radical (unpaired) electrons. The van der Waals surface area contributed by atoms with Crippen molar-refractivity contribution in [3.63, 3.8) is 0 Å². The van der Waals surface area contributed by atoms with Crippen LogP contribution in [0.1, 0.15) is 58.8 Å². The van der Waals surface area contributed by atoms with E-state index in [1.54, 1.807) is 0 Å². The van der Waals surface area contributed by atoms with Crippen LogP contribution in [0, 0.1) is 46.3 Å². The van der Waals surface area contributed by atoms with Gasteiger partial charge in [0.05, 0.1) is 6.07 Å². The third-order valence-electron chi connectivity index (χ3n) is 5.79. The molecular weight excluding hydrogens is 206 g/mol. The molecule has 0 amide bonds. The summed E-state index contributed by atoms with van der Waals surface area (Å²) in [4.78, 5) is 0. The average Bonchev–Trinajstić information content (AvgIpc) is 2.23. The van der Waals surface area contributed by atoms with Crippen LogP contribution in [0.3, 0.4) is 0 Å². The second-order valence-electron chi connectivity index (χ2n) is 7.60. The van der Waals surface area contributed by atoms with Crippen molar-refractivity contribution in [2.75, 3.05) is 0 Å². The molecule has 0 N–H and O–H groups in total. The molecule has 1 nitrogen and oxygen atoms in total. The van der Waals surface area contributed by atoms with Gasteiger partial charge in [-0.15, -0.1) is 0 Å². The molecule has 0 aromatic heterocycles. The van der Waals surface area contributed by atoms with Crippen LogP contribution in [0.5, 0.6) is 0 Å². The van der Waals surface area contributed by atoms with Crippen LogP contribution in [-0.4, -0.2) is 0 Å². The summed E-state index contributed by atoms with van der Waals surface area (Å²) in [7, 11) is 0. The standard InChI is InChI=1S/C16H25N/c1-11(2)15(10-17)9-16-6-12-3-13(7-16)5-14(4-12)8-16/h11-15H,3-9H2,1-2H3. The summed E-state index contributed by atoms with van der Waals surface area (Å²) in [6.07, 6.45) is 10.1. The smallest absolute Gasteiger partial charge is 0.0658 e. The van der Waals surface area contributed by atoms with E-state index in [2.05, 4.69) is 19.9 Å². The molecule has 4 fully saturated rings. The first kappa shape index (κ1) is 11.6. The molecule has 4 bridgehead atoms. The Hall–Kier alpha value is -0.510. The number of hydrogen-bond acceptors (Lipinski definition) is 1. The first-order valence-electron chi connectivity index (χ1n) is 7.50. The van der Waals surface area contributed by atoms with Gasteiger partial charge in [0.25, 0.3) is 0 Å². The molecule has 0 aromatic carbocycles. The molecular formula is C16H25N. The van der Waals surface area contributed by atoms with Gasteiger partial charge in [0.15, 0.2) is 0 Å². The molecule has 4 rings (SSSR count). The molecule has 0 saturated heterocycles. The highest BCUT2D eigenvalue weighted by molar-refractivity contribution is 5.04. The lowest BCUT2D eigenvalue weighted by molar-refractivity contribution is -0.0644. The third kappa shape index (κ3) is 2.01. The van der Waals surface area contributed by atoms with E-state index in [9.17, 15) is 5.26 Å². The van der Waals surface area contributed by atoms with Crippen molar-refractivity contribution in [3.8, 4) is 6.07 Å². The monoisotopic (exact) mass is 231 g/mol. The van der Waals surface area contributed by atoms with Crippen molar-refractivity contribution >= 4 is 0 Å². The van der Waals surface area contributed by atoms with Crippen LogP contribution < -0.4 is 0 Å². The average molecular weight is 231 g/mol. The highest BCUT2D eigenvalue weighted by atomic mass is 14.6. The van der Waals surface area contributed by atoms with Crippen molar-refractivity contribution in [2.24, 2.45) is 35.0 Å². The second kappa shape index (κ2) is 4.01. The summed E-state index contributed by atoms with van der Waals surface area (Å²) < 4.78 is 0. The highest BCUT2D eigenvalue weighted by Crippen LogP contribution is 2.62. The molecule has 0 aromatic rings. The zero-order valence-electron chi connectivity index (χ0n) is 11.3. The lowest BCUT2D eigenvalue weighted by Crippen LogP contribution is -2.47. The Labute approximate surface area is 106 Å². The zero-order chi connectivity index (χ0) is 12.0. The maximum absolute atomic E-state index is 9.35. The van der Waals surface area contributed by atoms with Crippen LogP contribution in [0.4, 0.5) is 0 Å².